The number of carboxylic acids is 1. The first kappa shape index (κ1) is 21.0. The van der Waals surface area contributed by atoms with Gasteiger partial charge in [0.1, 0.15) is 5.82 Å². The smallest absolute Gasteiger partial charge is 0.331 e. The third-order valence-electron chi connectivity index (χ3n) is 5.47. The van der Waals surface area contributed by atoms with E-state index in [0.717, 1.165) is 11.6 Å². The van der Waals surface area contributed by atoms with Crippen LogP contribution in [0.4, 0.5) is 10.1 Å². The predicted octanol–water partition coefficient (Wildman–Crippen LogP) is 2.29. The van der Waals surface area contributed by atoms with E-state index in [1.165, 1.54) is 17.0 Å². The van der Waals surface area contributed by atoms with Crippen LogP contribution in [0.25, 0.3) is 6.08 Å². The van der Waals surface area contributed by atoms with Crippen LogP contribution in [0.15, 0.2) is 42.0 Å². The molecule has 1 aliphatic carbocycles. The largest absolute Gasteiger partial charge is 0.478 e. The van der Waals surface area contributed by atoms with Gasteiger partial charge in [-0.25, -0.2) is 9.18 Å². The molecule has 4 rings (SSSR count). The second-order valence-electron chi connectivity index (χ2n) is 7.56. The zero-order chi connectivity index (χ0) is 22.3. The SMILES string of the molecule is O=C(O)C1=Cc2cc(N3CC[C@](O)(C(=O)NCc4cc(F)cc(Cl)c4)C3=O)ccc2C1. The molecule has 1 saturated heterocycles. The monoisotopic (exact) mass is 444 g/mol. The highest BCUT2D eigenvalue weighted by Crippen LogP contribution is 2.33. The van der Waals surface area contributed by atoms with Crippen molar-refractivity contribution in [2.75, 3.05) is 11.4 Å². The third-order valence-corrected chi connectivity index (χ3v) is 5.69. The van der Waals surface area contributed by atoms with Crippen LogP contribution in [0, 0.1) is 5.82 Å². The van der Waals surface area contributed by atoms with Gasteiger partial charge in [0.2, 0.25) is 5.60 Å². The second kappa shape index (κ2) is 7.79. The molecule has 3 N–H and O–H groups in total. The number of hydrogen-bond donors (Lipinski definition) is 3. The number of fused-ring (bicyclic) bond motifs is 1. The fourth-order valence-corrected chi connectivity index (χ4v) is 4.08. The lowest BCUT2D eigenvalue weighted by atomic mass is 10.0. The molecule has 2 aromatic rings. The molecule has 0 radical (unpaired) electrons. The van der Waals surface area contributed by atoms with Crippen molar-refractivity contribution >= 4 is 41.1 Å². The molecule has 1 aliphatic heterocycles. The Kier molecular flexibility index (Phi) is 5.28. The average molecular weight is 445 g/mol. The van der Waals surface area contributed by atoms with Crippen molar-refractivity contribution in [1.82, 2.24) is 5.32 Å². The molecule has 0 unspecified atom stereocenters. The molecule has 1 fully saturated rings. The first-order valence-electron chi connectivity index (χ1n) is 9.52. The molecule has 0 bridgehead atoms. The standard InChI is InChI=1S/C22H18ClFN2O5/c23-16-5-12(6-17(24)10-16)11-25-20(29)22(31)3-4-26(21(22)30)18-2-1-13-7-15(19(27)28)8-14(13)9-18/h1-2,5-6,8-10,31H,3-4,7,11H2,(H,25,29)(H,27,28)/t22-/m0/s1. The van der Waals surface area contributed by atoms with E-state index < -0.39 is 29.2 Å². The highest BCUT2D eigenvalue weighted by Gasteiger charge is 2.51. The van der Waals surface area contributed by atoms with Crippen LogP contribution in [0.2, 0.25) is 5.02 Å². The number of aliphatic hydroxyl groups is 1. The van der Waals surface area contributed by atoms with Crippen LogP contribution >= 0.6 is 11.6 Å². The van der Waals surface area contributed by atoms with Gasteiger partial charge in [-0.15, -0.1) is 0 Å². The number of nitrogens with one attached hydrogen (secondary N) is 1. The molecule has 2 amide bonds. The van der Waals surface area contributed by atoms with Crippen LogP contribution in [0.5, 0.6) is 0 Å². The van der Waals surface area contributed by atoms with Crippen molar-refractivity contribution in [3.05, 3.63) is 69.5 Å². The summed E-state index contributed by atoms with van der Waals surface area (Å²) in [6.07, 6.45) is 1.73. The number of halogens is 2. The minimum absolute atomic E-state index is 0.104. The normalized spacial score (nSPS) is 19.9. The molecule has 1 heterocycles. The number of nitrogens with zero attached hydrogens (tertiary/aromatic N) is 1. The van der Waals surface area contributed by atoms with Crippen molar-refractivity contribution in [3.63, 3.8) is 0 Å². The van der Waals surface area contributed by atoms with Crippen LogP contribution in [-0.2, 0) is 27.3 Å². The zero-order valence-electron chi connectivity index (χ0n) is 16.2. The fourth-order valence-electron chi connectivity index (χ4n) is 3.83. The zero-order valence-corrected chi connectivity index (χ0v) is 16.9. The Morgan fingerprint density at radius 3 is 2.71 bits per heavy atom. The van der Waals surface area contributed by atoms with E-state index in [2.05, 4.69) is 5.32 Å². The summed E-state index contributed by atoms with van der Waals surface area (Å²) < 4.78 is 13.4. The second-order valence-corrected chi connectivity index (χ2v) is 8.00. The lowest BCUT2D eigenvalue weighted by Gasteiger charge is -2.22. The number of carbonyl (C=O) groups is 3. The van der Waals surface area contributed by atoms with E-state index in [1.54, 1.807) is 24.3 Å². The summed E-state index contributed by atoms with van der Waals surface area (Å²) in [5.74, 6) is -3.21. The summed E-state index contributed by atoms with van der Waals surface area (Å²) >= 11 is 5.80. The highest BCUT2D eigenvalue weighted by molar-refractivity contribution is 6.30. The average Bonchev–Trinajstić information content (AvgIpc) is 3.27. The summed E-state index contributed by atoms with van der Waals surface area (Å²) in [6, 6.07) is 8.86. The molecule has 1 atom stereocenters. The Morgan fingerprint density at radius 2 is 2.00 bits per heavy atom. The van der Waals surface area contributed by atoms with Crippen LogP contribution in [-0.4, -0.2) is 40.1 Å². The number of hydrogen-bond acceptors (Lipinski definition) is 4. The van der Waals surface area contributed by atoms with Crippen LogP contribution in [0.3, 0.4) is 0 Å². The fraction of sp³-hybridized carbons (Fsp3) is 0.227. The highest BCUT2D eigenvalue weighted by atomic mass is 35.5. The van der Waals surface area contributed by atoms with Gasteiger partial charge >= 0.3 is 5.97 Å². The Labute approximate surface area is 181 Å². The van der Waals surface area contributed by atoms with Gasteiger partial charge < -0.3 is 20.4 Å². The summed E-state index contributed by atoms with van der Waals surface area (Å²) in [5, 5.41) is 22.6. The van der Waals surface area contributed by atoms with Gasteiger partial charge in [-0.05, 0) is 53.1 Å². The molecule has 0 saturated carbocycles. The topological polar surface area (TPSA) is 107 Å². The number of rotatable bonds is 5. The van der Waals surface area contributed by atoms with Gasteiger partial charge in [0.05, 0.1) is 0 Å². The van der Waals surface area contributed by atoms with E-state index >= 15 is 0 Å². The molecule has 9 heteroatoms. The van der Waals surface area contributed by atoms with Crippen molar-refractivity contribution in [2.45, 2.75) is 25.0 Å². The molecule has 0 aromatic heterocycles. The Hall–Kier alpha value is -3.23. The molecule has 31 heavy (non-hydrogen) atoms. The summed E-state index contributed by atoms with van der Waals surface area (Å²) in [4.78, 5) is 38.0. The van der Waals surface area contributed by atoms with Gasteiger partial charge in [-0.3, -0.25) is 9.59 Å². The Bertz CT molecular complexity index is 1130. The van der Waals surface area contributed by atoms with E-state index in [0.29, 0.717) is 23.2 Å². The molecule has 160 valence electrons. The van der Waals surface area contributed by atoms with E-state index in [9.17, 15) is 23.9 Å². The maximum Gasteiger partial charge on any atom is 0.331 e. The molecule has 2 aliphatic rings. The summed E-state index contributed by atoms with van der Waals surface area (Å²) in [5.41, 5.74) is 0.377. The number of benzene rings is 2. The quantitative estimate of drug-likeness (QED) is 0.613. The maximum absolute atomic E-state index is 13.4. The van der Waals surface area contributed by atoms with Crippen molar-refractivity contribution in [2.24, 2.45) is 0 Å². The predicted molar refractivity (Wildman–Crippen MR) is 111 cm³/mol. The van der Waals surface area contributed by atoms with Gasteiger partial charge in [0.25, 0.3) is 11.8 Å². The van der Waals surface area contributed by atoms with Crippen LogP contribution in [0.1, 0.15) is 23.1 Å². The Balaban J connectivity index is 1.48. The first-order valence-corrected chi connectivity index (χ1v) is 9.89. The van der Waals surface area contributed by atoms with Gasteiger partial charge in [0.15, 0.2) is 0 Å². The molecular weight excluding hydrogens is 427 g/mol. The first-order chi connectivity index (χ1) is 14.7. The lowest BCUT2D eigenvalue weighted by molar-refractivity contribution is -0.149. The number of anilines is 1. The molecule has 2 aromatic carbocycles. The van der Waals surface area contributed by atoms with Crippen molar-refractivity contribution in [1.29, 1.82) is 0 Å². The number of aliphatic carboxylic acids is 1. The molecule has 7 nitrogen and oxygen atoms in total. The van der Waals surface area contributed by atoms with Gasteiger partial charge in [0, 0.05) is 42.2 Å². The summed E-state index contributed by atoms with van der Waals surface area (Å²) in [6.45, 7) is 0.0103. The van der Waals surface area contributed by atoms with Crippen molar-refractivity contribution < 1.29 is 29.0 Å². The number of carboxylic acid groups (broad SMARTS) is 1. The number of amides is 2. The molecular formula is C22H18ClFN2O5. The van der Waals surface area contributed by atoms with E-state index in [-0.39, 0.29) is 30.1 Å². The maximum atomic E-state index is 13.4. The lowest BCUT2D eigenvalue weighted by Crippen LogP contribution is -2.52. The van der Waals surface area contributed by atoms with Gasteiger partial charge in [-0.1, -0.05) is 17.7 Å². The molecule has 0 spiro atoms. The van der Waals surface area contributed by atoms with E-state index in [4.69, 9.17) is 16.7 Å². The summed E-state index contributed by atoms with van der Waals surface area (Å²) in [7, 11) is 0. The van der Waals surface area contributed by atoms with Gasteiger partial charge in [-0.2, -0.15) is 0 Å². The van der Waals surface area contributed by atoms with Crippen LogP contribution < -0.4 is 10.2 Å². The Morgan fingerprint density at radius 1 is 1.23 bits per heavy atom. The number of carbonyl (C=O) groups excluding carboxylic acids is 2. The minimum Gasteiger partial charge on any atom is -0.478 e. The van der Waals surface area contributed by atoms with Crippen molar-refractivity contribution in [3.8, 4) is 0 Å². The van der Waals surface area contributed by atoms with E-state index in [1.807, 2.05) is 0 Å². The third kappa shape index (κ3) is 3.92. The minimum atomic E-state index is -2.25.